The van der Waals surface area contributed by atoms with Crippen LogP contribution in [0.2, 0.25) is 0 Å². The molecule has 0 aliphatic carbocycles. The average Bonchev–Trinajstić information content (AvgIpc) is 2.48. The van der Waals surface area contributed by atoms with Crippen LogP contribution in [0.5, 0.6) is 0 Å². The Morgan fingerprint density at radius 2 is 1.52 bits per heavy atom. The van der Waals surface area contributed by atoms with Crippen molar-refractivity contribution in [1.29, 1.82) is 0 Å². The molecule has 0 aliphatic heterocycles. The van der Waals surface area contributed by atoms with Gasteiger partial charge in [0, 0.05) is 0 Å². The summed E-state index contributed by atoms with van der Waals surface area (Å²) in [5, 5.41) is 0. The van der Waals surface area contributed by atoms with Crippen LogP contribution in [-0.2, 0) is 0 Å². The first kappa shape index (κ1) is 22.2. The van der Waals surface area contributed by atoms with Gasteiger partial charge in [0.05, 0.1) is 0 Å². The minimum absolute atomic E-state index is 1.12. The molecule has 0 bridgehead atoms. The Labute approximate surface area is 134 Å². The Morgan fingerprint density at radius 3 is 2.00 bits per heavy atom. The first-order valence-electron chi connectivity index (χ1n) is 8.71. The second kappa shape index (κ2) is 19.0. The van der Waals surface area contributed by atoms with E-state index in [1.165, 1.54) is 50.5 Å². The second-order valence-corrected chi connectivity index (χ2v) is 5.47. The van der Waals surface area contributed by atoms with Crippen molar-refractivity contribution in [3.05, 3.63) is 48.6 Å². The van der Waals surface area contributed by atoms with Crippen molar-refractivity contribution in [3.8, 4) is 0 Å². The van der Waals surface area contributed by atoms with Gasteiger partial charge in [-0.25, -0.2) is 0 Å². The van der Waals surface area contributed by atoms with Gasteiger partial charge >= 0.3 is 0 Å². The van der Waals surface area contributed by atoms with Crippen LogP contribution in [0, 0.1) is 0 Å². The minimum atomic E-state index is 1.12. The number of rotatable bonds is 11. The predicted octanol–water partition coefficient (Wildman–Crippen LogP) is 7.79. The van der Waals surface area contributed by atoms with Gasteiger partial charge in [0.1, 0.15) is 0 Å². The van der Waals surface area contributed by atoms with Gasteiger partial charge in [0.25, 0.3) is 0 Å². The molecule has 0 nitrogen and oxygen atoms in total. The van der Waals surface area contributed by atoms with E-state index >= 15 is 0 Å². The maximum Gasteiger partial charge on any atom is -0.0313 e. The number of hydrogen-bond acceptors (Lipinski definition) is 0. The quantitative estimate of drug-likeness (QED) is 0.269. The fourth-order valence-corrected chi connectivity index (χ4v) is 2.13. The third-order valence-corrected chi connectivity index (χ3v) is 3.36. The van der Waals surface area contributed by atoms with Crippen molar-refractivity contribution in [2.45, 2.75) is 85.5 Å². The minimum Gasteiger partial charge on any atom is -0.103 e. The van der Waals surface area contributed by atoms with Crippen molar-refractivity contribution < 1.29 is 0 Å². The average molecular weight is 291 g/mol. The van der Waals surface area contributed by atoms with E-state index in [4.69, 9.17) is 0 Å². The molecule has 0 atom stereocenters. The Morgan fingerprint density at radius 1 is 0.857 bits per heavy atom. The van der Waals surface area contributed by atoms with Crippen LogP contribution in [0.3, 0.4) is 0 Å². The summed E-state index contributed by atoms with van der Waals surface area (Å²) < 4.78 is 0. The Hall–Kier alpha value is -1.04. The maximum atomic E-state index is 3.70. The zero-order chi connectivity index (χ0) is 16.3. The summed E-state index contributed by atoms with van der Waals surface area (Å²) in [5.41, 5.74) is 3.12. The summed E-state index contributed by atoms with van der Waals surface area (Å²) in [6.07, 6.45) is 19.5. The van der Waals surface area contributed by atoms with E-state index in [0.717, 1.165) is 12.8 Å². The molecule has 0 heterocycles. The second-order valence-electron chi connectivity index (χ2n) is 5.47. The van der Waals surface area contributed by atoms with Crippen LogP contribution in [0.25, 0.3) is 0 Å². The first-order chi connectivity index (χ1) is 10.2. The van der Waals surface area contributed by atoms with E-state index in [1.807, 2.05) is 12.2 Å². The van der Waals surface area contributed by atoms with Crippen LogP contribution >= 0.6 is 0 Å². The summed E-state index contributed by atoms with van der Waals surface area (Å²) in [6.45, 7) is 16.2. The van der Waals surface area contributed by atoms with Crippen molar-refractivity contribution in [3.63, 3.8) is 0 Å². The van der Waals surface area contributed by atoms with Crippen molar-refractivity contribution in [1.82, 2.24) is 0 Å². The summed E-state index contributed by atoms with van der Waals surface area (Å²) in [5.74, 6) is 0. The zero-order valence-electron chi connectivity index (χ0n) is 15.1. The van der Waals surface area contributed by atoms with Gasteiger partial charge in [-0.3, -0.25) is 0 Å². The molecule has 0 spiro atoms. The molecule has 21 heavy (non-hydrogen) atoms. The lowest BCUT2D eigenvalue weighted by Gasteiger charge is -2.00. The van der Waals surface area contributed by atoms with E-state index in [0.29, 0.717) is 0 Å². The molecule has 0 saturated heterocycles. The summed E-state index contributed by atoms with van der Waals surface area (Å²) in [6, 6.07) is 0. The SMILES string of the molecule is C=CCCC=C(CC)CCC.C=CCCCC(C)=CCC. The summed E-state index contributed by atoms with van der Waals surface area (Å²) in [7, 11) is 0. The van der Waals surface area contributed by atoms with Gasteiger partial charge in [-0.05, 0) is 58.3 Å². The third-order valence-electron chi connectivity index (χ3n) is 3.36. The highest BCUT2D eigenvalue weighted by molar-refractivity contribution is 5.01. The van der Waals surface area contributed by atoms with E-state index in [-0.39, 0.29) is 0 Å². The van der Waals surface area contributed by atoms with Gasteiger partial charge < -0.3 is 0 Å². The first-order valence-corrected chi connectivity index (χ1v) is 8.71. The molecule has 0 rings (SSSR count). The van der Waals surface area contributed by atoms with Crippen LogP contribution in [0.15, 0.2) is 48.6 Å². The van der Waals surface area contributed by atoms with Gasteiger partial charge in [-0.1, -0.05) is 62.6 Å². The Bertz CT molecular complexity index is 291. The van der Waals surface area contributed by atoms with Crippen molar-refractivity contribution in [2.75, 3.05) is 0 Å². The Balaban J connectivity index is 0. The monoisotopic (exact) mass is 290 g/mol. The molecule has 0 heteroatoms. The number of allylic oxidation sites excluding steroid dienone is 6. The number of hydrogen-bond donors (Lipinski definition) is 0. The Kier molecular flexibility index (Phi) is 20.1. The predicted molar refractivity (Wildman–Crippen MR) is 101 cm³/mol. The lowest BCUT2D eigenvalue weighted by atomic mass is 10.1. The zero-order valence-corrected chi connectivity index (χ0v) is 15.1. The van der Waals surface area contributed by atoms with Crippen molar-refractivity contribution >= 4 is 0 Å². The molecule has 0 N–H and O–H groups in total. The highest BCUT2D eigenvalue weighted by Gasteiger charge is 1.90. The fraction of sp³-hybridized carbons (Fsp3) is 0.619. The van der Waals surface area contributed by atoms with E-state index in [1.54, 1.807) is 5.57 Å². The molecular formula is C21H38. The van der Waals surface area contributed by atoms with Crippen LogP contribution in [0.1, 0.15) is 85.5 Å². The molecule has 0 aliphatic rings. The largest absolute Gasteiger partial charge is 0.103 e. The molecule has 0 fully saturated rings. The highest BCUT2D eigenvalue weighted by Crippen LogP contribution is 2.10. The van der Waals surface area contributed by atoms with E-state index in [2.05, 4.69) is 53.0 Å². The molecule has 0 aromatic heterocycles. The van der Waals surface area contributed by atoms with Gasteiger partial charge in [-0.15, -0.1) is 13.2 Å². The molecule has 0 amide bonds. The highest BCUT2D eigenvalue weighted by atomic mass is 14.0. The third kappa shape index (κ3) is 19.0. The topological polar surface area (TPSA) is 0 Å². The van der Waals surface area contributed by atoms with Gasteiger partial charge in [-0.2, -0.15) is 0 Å². The van der Waals surface area contributed by atoms with E-state index in [9.17, 15) is 0 Å². The van der Waals surface area contributed by atoms with Crippen LogP contribution < -0.4 is 0 Å². The lowest BCUT2D eigenvalue weighted by Crippen LogP contribution is -1.80. The molecular weight excluding hydrogens is 252 g/mol. The molecule has 0 aromatic rings. The summed E-state index contributed by atoms with van der Waals surface area (Å²) in [4.78, 5) is 0. The van der Waals surface area contributed by atoms with Crippen molar-refractivity contribution in [2.24, 2.45) is 0 Å². The molecule has 0 radical (unpaired) electrons. The van der Waals surface area contributed by atoms with E-state index < -0.39 is 0 Å². The van der Waals surface area contributed by atoms with Crippen LogP contribution in [0.4, 0.5) is 0 Å². The fourth-order valence-electron chi connectivity index (χ4n) is 2.13. The smallest absolute Gasteiger partial charge is 0.0313 e. The molecule has 0 aromatic carbocycles. The number of unbranched alkanes of at least 4 members (excludes halogenated alkanes) is 2. The molecule has 122 valence electrons. The maximum absolute atomic E-state index is 3.70. The van der Waals surface area contributed by atoms with Gasteiger partial charge in [0.15, 0.2) is 0 Å². The lowest BCUT2D eigenvalue weighted by molar-refractivity contribution is 0.828. The standard InChI is InChI=1S/C11H20.C10H18/c1-4-7-8-10-11(6-3)9-5-2;1-4-6-7-9-10(3)8-5-2/h4,10H,1,5-9H2,2-3H3;4,8H,1,5-7,9H2,2-3H3. The normalized spacial score (nSPS) is 11.6. The summed E-state index contributed by atoms with van der Waals surface area (Å²) >= 11 is 0. The molecule has 0 unspecified atom stereocenters. The van der Waals surface area contributed by atoms with Crippen LogP contribution in [-0.4, -0.2) is 0 Å². The van der Waals surface area contributed by atoms with Gasteiger partial charge in [0.2, 0.25) is 0 Å². The molecule has 0 saturated carbocycles.